The van der Waals surface area contributed by atoms with E-state index in [-0.39, 0.29) is 5.91 Å². The molecular weight excluding hydrogens is 228 g/mol. The fourth-order valence-corrected chi connectivity index (χ4v) is 1.76. The third-order valence-corrected chi connectivity index (χ3v) is 2.61. The van der Waals surface area contributed by atoms with Crippen LogP contribution in [0.1, 0.15) is 11.3 Å². The number of rotatable bonds is 4. The van der Waals surface area contributed by atoms with Crippen LogP contribution in [0.2, 0.25) is 0 Å². The van der Waals surface area contributed by atoms with Crippen LogP contribution in [0.25, 0.3) is 0 Å². The van der Waals surface area contributed by atoms with Crippen LogP contribution < -0.4 is 10.1 Å². The molecule has 0 spiro atoms. The van der Waals surface area contributed by atoms with Gasteiger partial charge in [0.05, 0.1) is 13.5 Å². The molecule has 2 rings (SSSR count). The molecule has 0 saturated carbocycles. The molecule has 4 nitrogen and oxygen atoms in total. The summed E-state index contributed by atoms with van der Waals surface area (Å²) in [6.07, 6.45) is 2.21. The van der Waals surface area contributed by atoms with E-state index < -0.39 is 0 Å². The molecular formula is C14H16N2O2. The highest BCUT2D eigenvalue weighted by Crippen LogP contribution is 2.17. The standard InChI is InChI=1S/C14H16N2O2/c1-10-6-11(9-15-10)7-14(17)16-12-4-3-5-13(8-12)18-2/h3-6,8-9,15H,7H2,1-2H3,(H,16,17). The minimum atomic E-state index is -0.0396. The first-order valence-corrected chi connectivity index (χ1v) is 5.75. The zero-order valence-electron chi connectivity index (χ0n) is 10.5. The number of aryl methyl sites for hydroxylation is 1. The molecule has 1 heterocycles. The molecule has 0 aliphatic heterocycles. The molecule has 0 aliphatic rings. The lowest BCUT2D eigenvalue weighted by atomic mass is 10.2. The van der Waals surface area contributed by atoms with Gasteiger partial charge in [-0.15, -0.1) is 0 Å². The quantitative estimate of drug-likeness (QED) is 0.868. The molecule has 0 unspecified atom stereocenters. The summed E-state index contributed by atoms with van der Waals surface area (Å²) in [4.78, 5) is 14.9. The van der Waals surface area contributed by atoms with E-state index in [1.165, 1.54) is 0 Å². The van der Waals surface area contributed by atoms with E-state index in [0.29, 0.717) is 6.42 Å². The van der Waals surface area contributed by atoms with Crippen molar-refractivity contribution in [2.24, 2.45) is 0 Å². The largest absolute Gasteiger partial charge is 0.497 e. The van der Waals surface area contributed by atoms with Crippen molar-refractivity contribution in [3.8, 4) is 5.75 Å². The summed E-state index contributed by atoms with van der Waals surface area (Å²) in [6.45, 7) is 1.96. The van der Waals surface area contributed by atoms with Crippen molar-refractivity contribution in [2.75, 3.05) is 12.4 Å². The lowest BCUT2D eigenvalue weighted by molar-refractivity contribution is -0.115. The van der Waals surface area contributed by atoms with Gasteiger partial charge in [0, 0.05) is 23.6 Å². The van der Waals surface area contributed by atoms with E-state index in [9.17, 15) is 4.79 Å². The zero-order chi connectivity index (χ0) is 13.0. The molecule has 2 aromatic rings. The molecule has 4 heteroatoms. The molecule has 0 radical (unpaired) electrons. The van der Waals surface area contributed by atoms with Gasteiger partial charge in [0.25, 0.3) is 0 Å². The van der Waals surface area contributed by atoms with Crippen LogP contribution >= 0.6 is 0 Å². The molecule has 1 aromatic heterocycles. The van der Waals surface area contributed by atoms with Crippen LogP contribution in [0.5, 0.6) is 5.75 Å². The fourth-order valence-electron chi connectivity index (χ4n) is 1.76. The van der Waals surface area contributed by atoms with Gasteiger partial charge in [-0.05, 0) is 30.7 Å². The monoisotopic (exact) mass is 244 g/mol. The number of benzene rings is 1. The van der Waals surface area contributed by atoms with Crippen molar-refractivity contribution in [3.05, 3.63) is 47.8 Å². The maximum absolute atomic E-state index is 11.8. The summed E-state index contributed by atoms with van der Waals surface area (Å²) in [5.41, 5.74) is 2.78. The first kappa shape index (κ1) is 12.2. The molecule has 2 N–H and O–H groups in total. The second-order valence-electron chi connectivity index (χ2n) is 4.15. The summed E-state index contributed by atoms with van der Waals surface area (Å²) >= 11 is 0. The molecule has 18 heavy (non-hydrogen) atoms. The first-order valence-electron chi connectivity index (χ1n) is 5.75. The molecule has 0 atom stereocenters. The predicted molar refractivity (Wildman–Crippen MR) is 70.9 cm³/mol. The Bertz CT molecular complexity index is 546. The van der Waals surface area contributed by atoms with Gasteiger partial charge >= 0.3 is 0 Å². The number of aromatic nitrogens is 1. The highest BCUT2D eigenvalue weighted by Gasteiger charge is 2.05. The average Bonchev–Trinajstić information content (AvgIpc) is 2.74. The van der Waals surface area contributed by atoms with E-state index in [0.717, 1.165) is 22.7 Å². The number of hydrogen-bond donors (Lipinski definition) is 2. The molecule has 0 bridgehead atoms. The van der Waals surface area contributed by atoms with E-state index in [2.05, 4.69) is 10.3 Å². The molecule has 1 amide bonds. The number of H-pyrrole nitrogens is 1. The molecule has 0 aliphatic carbocycles. The minimum Gasteiger partial charge on any atom is -0.497 e. The van der Waals surface area contributed by atoms with Gasteiger partial charge in [0.15, 0.2) is 0 Å². The van der Waals surface area contributed by atoms with Crippen LogP contribution in [0.3, 0.4) is 0 Å². The Kier molecular flexibility index (Phi) is 3.67. The van der Waals surface area contributed by atoms with Crippen molar-refractivity contribution in [3.63, 3.8) is 0 Å². The zero-order valence-corrected chi connectivity index (χ0v) is 10.5. The normalized spacial score (nSPS) is 10.1. The highest BCUT2D eigenvalue weighted by molar-refractivity contribution is 5.92. The van der Waals surface area contributed by atoms with Gasteiger partial charge in [-0.2, -0.15) is 0 Å². The van der Waals surface area contributed by atoms with Crippen LogP contribution in [-0.2, 0) is 11.2 Å². The predicted octanol–water partition coefficient (Wildman–Crippen LogP) is 2.51. The number of aromatic amines is 1. The maximum atomic E-state index is 11.8. The maximum Gasteiger partial charge on any atom is 0.228 e. The number of hydrogen-bond acceptors (Lipinski definition) is 2. The number of nitrogens with one attached hydrogen (secondary N) is 2. The SMILES string of the molecule is COc1cccc(NC(=O)Cc2c[nH]c(C)c2)c1. The molecule has 0 fully saturated rings. The van der Waals surface area contributed by atoms with Crippen molar-refractivity contribution in [2.45, 2.75) is 13.3 Å². The van der Waals surface area contributed by atoms with Crippen molar-refractivity contribution in [1.29, 1.82) is 0 Å². The van der Waals surface area contributed by atoms with Crippen LogP contribution in [0, 0.1) is 6.92 Å². The number of amides is 1. The van der Waals surface area contributed by atoms with Gasteiger partial charge in [0.2, 0.25) is 5.91 Å². The lowest BCUT2D eigenvalue weighted by Gasteiger charge is -2.06. The Labute approximate surface area is 106 Å². The number of ether oxygens (including phenoxy) is 1. The second-order valence-corrected chi connectivity index (χ2v) is 4.15. The van der Waals surface area contributed by atoms with Crippen LogP contribution in [0.4, 0.5) is 5.69 Å². The number of carbonyl (C=O) groups excluding carboxylic acids is 1. The molecule has 0 saturated heterocycles. The first-order chi connectivity index (χ1) is 8.67. The van der Waals surface area contributed by atoms with Crippen molar-refractivity contribution >= 4 is 11.6 Å². The van der Waals surface area contributed by atoms with Crippen LogP contribution in [-0.4, -0.2) is 18.0 Å². The summed E-state index contributed by atoms with van der Waals surface area (Å²) in [5.74, 6) is 0.688. The van der Waals surface area contributed by atoms with E-state index >= 15 is 0 Å². The van der Waals surface area contributed by atoms with E-state index in [1.54, 1.807) is 13.2 Å². The summed E-state index contributed by atoms with van der Waals surface area (Å²) in [6, 6.07) is 9.27. The van der Waals surface area contributed by atoms with E-state index in [1.807, 2.05) is 37.4 Å². The van der Waals surface area contributed by atoms with Gasteiger partial charge < -0.3 is 15.0 Å². The van der Waals surface area contributed by atoms with Gasteiger partial charge in [-0.3, -0.25) is 4.79 Å². The Hall–Kier alpha value is -2.23. The summed E-state index contributed by atoms with van der Waals surface area (Å²) in [5, 5.41) is 2.84. The topological polar surface area (TPSA) is 54.1 Å². The second kappa shape index (κ2) is 5.40. The highest BCUT2D eigenvalue weighted by atomic mass is 16.5. The van der Waals surface area contributed by atoms with Crippen molar-refractivity contribution < 1.29 is 9.53 Å². The van der Waals surface area contributed by atoms with Crippen molar-refractivity contribution in [1.82, 2.24) is 4.98 Å². The Morgan fingerprint density at radius 3 is 2.89 bits per heavy atom. The third kappa shape index (κ3) is 3.13. The van der Waals surface area contributed by atoms with E-state index in [4.69, 9.17) is 4.74 Å². The van der Waals surface area contributed by atoms with Crippen LogP contribution in [0.15, 0.2) is 36.5 Å². The third-order valence-electron chi connectivity index (χ3n) is 2.61. The smallest absolute Gasteiger partial charge is 0.228 e. The van der Waals surface area contributed by atoms with Gasteiger partial charge in [-0.25, -0.2) is 0 Å². The fraction of sp³-hybridized carbons (Fsp3) is 0.214. The number of methoxy groups -OCH3 is 1. The Morgan fingerprint density at radius 2 is 2.22 bits per heavy atom. The Morgan fingerprint density at radius 1 is 1.39 bits per heavy atom. The molecule has 1 aromatic carbocycles. The van der Waals surface area contributed by atoms with Gasteiger partial charge in [-0.1, -0.05) is 6.07 Å². The Balaban J connectivity index is 1.98. The lowest BCUT2D eigenvalue weighted by Crippen LogP contribution is -2.13. The summed E-state index contributed by atoms with van der Waals surface area (Å²) < 4.78 is 5.10. The molecule has 94 valence electrons. The number of anilines is 1. The minimum absolute atomic E-state index is 0.0396. The average molecular weight is 244 g/mol. The summed E-state index contributed by atoms with van der Waals surface area (Å²) in [7, 11) is 1.60. The van der Waals surface area contributed by atoms with Gasteiger partial charge in [0.1, 0.15) is 5.75 Å². The number of carbonyl (C=O) groups is 1.